The molecule has 0 aromatic rings. The topological polar surface area (TPSA) is 43.1 Å². The molecule has 0 aliphatic carbocycles. The van der Waals surface area contributed by atoms with Crippen LogP contribution in [0.5, 0.6) is 0 Å². The molecular formula is C4H7NOS. The largest absolute Gasteiger partial charge is 0.250 e. The van der Waals surface area contributed by atoms with Crippen molar-refractivity contribution in [2.24, 2.45) is 5.14 Å². The average Bonchev–Trinajstić information content (AvgIpc) is 1.68. The van der Waals surface area contributed by atoms with Gasteiger partial charge < -0.3 is 0 Å². The van der Waals surface area contributed by atoms with E-state index >= 15 is 0 Å². The highest BCUT2D eigenvalue weighted by Crippen LogP contribution is 1.72. The van der Waals surface area contributed by atoms with Gasteiger partial charge in [-0.15, -0.1) is 0 Å². The van der Waals surface area contributed by atoms with Gasteiger partial charge in [-0.25, -0.2) is 9.35 Å². The molecule has 2 N–H and O–H groups in total. The van der Waals surface area contributed by atoms with Gasteiger partial charge >= 0.3 is 0 Å². The third-order valence-electron chi connectivity index (χ3n) is 0.473. The smallest absolute Gasteiger partial charge is 0.0880 e. The van der Waals surface area contributed by atoms with Crippen LogP contribution in [0.1, 0.15) is 0 Å². The molecular weight excluding hydrogens is 110 g/mol. The van der Waals surface area contributed by atoms with Gasteiger partial charge in [-0.05, 0) is 6.58 Å². The summed E-state index contributed by atoms with van der Waals surface area (Å²) in [4.78, 5) is 0. The second-order valence-electron chi connectivity index (χ2n) is 0.959. The second-order valence-corrected chi connectivity index (χ2v) is 2.88. The summed E-state index contributed by atoms with van der Waals surface area (Å²) < 4.78 is 10.4. The lowest BCUT2D eigenvalue weighted by Crippen LogP contribution is -2.07. The van der Waals surface area contributed by atoms with Crippen LogP contribution in [0, 0.1) is 0 Å². The molecule has 0 spiro atoms. The van der Waals surface area contributed by atoms with Crippen molar-refractivity contribution in [2.45, 2.75) is 0 Å². The third kappa shape index (κ3) is 2.23. The van der Waals surface area contributed by atoms with E-state index in [9.17, 15) is 4.21 Å². The molecule has 0 heterocycles. The highest BCUT2D eigenvalue weighted by Gasteiger charge is 1.80. The molecule has 0 amide bonds. The highest BCUT2D eigenvalue weighted by atomic mass is 32.2. The van der Waals surface area contributed by atoms with Crippen molar-refractivity contribution in [3.05, 3.63) is 18.6 Å². The van der Waals surface area contributed by atoms with Crippen LogP contribution in [-0.4, -0.2) is 9.23 Å². The summed E-state index contributed by atoms with van der Waals surface area (Å²) in [5.41, 5.74) is 0. The van der Waals surface area contributed by atoms with Crippen LogP contribution in [0.3, 0.4) is 0 Å². The van der Waals surface area contributed by atoms with Gasteiger partial charge in [-0.3, -0.25) is 0 Å². The quantitative estimate of drug-likeness (QED) is 0.478. The van der Waals surface area contributed by atoms with E-state index < -0.39 is 9.71 Å². The van der Waals surface area contributed by atoms with E-state index in [1.807, 2.05) is 0 Å². The SMILES string of the molecule is C=C=S(N)(=O)C=C. The minimum absolute atomic E-state index is 1.12. The Morgan fingerprint density at radius 3 is 2.29 bits per heavy atom. The lowest BCUT2D eigenvalue weighted by atomic mass is 11.3. The molecule has 0 rings (SSSR count). The van der Waals surface area contributed by atoms with Gasteiger partial charge in [0.25, 0.3) is 0 Å². The molecule has 7 heavy (non-hydrogen) atoms. The summed E-state index contributed by atoms with van der Waals surface area (Å²) in [6.07, 6.45) is 0. The van der Waals surface area contributed by atoms with E-state index in [2.05, 4.69) is 18.2 Å². The molecule has 0 fully saturated rings. The molecule has 1 atom stereocenters. The van der Waals surface area contributed by atoms with Crippen molar-refractivity contribution in [3.63, 3.8) is 0 Å². The van der Waals surface area contributed by atoms with Crippen LogP contribution >= 0.6 is 0 Å². The van der Waals surface area contributed by atoms with E-state index in [-0.39, 0.29) is 0 Å². The van der Waals surface area contributed by atoms with Gasteiger partial charge in [0.1, 0.15) is 0 Å². The Bertz CT molecular complexity index is 194. The zero-order chi connectivity index (χ0) is 5.91. The van der Waals surface area contributed by atoms with Gasteiger partial charge in [0.05, 0.1) is 9.71 Å². The molecule has 0 saturated carbocycles. The number of hydrogen-bond acceptors (Lipinski definition) is 1. The van der Waals surface area contributed by atoms with Gasteiger partial charge in [0.15, 0.2) is 0 Å². The Kier molecular flexibility index (Phi) is 1.84. The lowest BCUT2D eigenvalue weighted by Gasteiger charge is -1.83. The number of nitrogens with two attached hydrogens (primary N) is 1. The molecule has 0 radical (unpaired) electrons. The van der Waals surface area contributed by atoms with Crippen LogP contribution in [0.2, 0.25) is 0 Å². The van der Waals surface area contributed by atoms with E-state index in [4.69, 9.17) is 5.14 Å². The maximum Gasteiger partial charge on any atom is 0.0880 e. The predicted molar refractivity (Wildman–Crippen MR) is 33.2 cm³/mol. The minimum atomic E-state index is -2.50. The van der Waals surface area contributed by atoms with Crippen molar-refractivity contribution < 1.29 is 4.21 Å². The normalized spacial score (nSPS) is 16.7. The summed E-state index contributed by atoms with van der Waals surface area (Å²) in [7, 11) is -2.50. The maximum atomic E-state index is 10.4. The van der Waals surface area contributed by atoms with E-state index in [0.717, 1.165) is 5.41 Å². The zero-order valence-corrected chi connectivity index (χ0v) is 4.70. The average molecular weight is 117 g/mol. The molecule has 3 heteroatoms. The zero-order valence-electron chi connectivity index (χ0n) is 3.89. The first-order valence-electron chi connectivity index (χ1n) is 1.60. The Morgan fingerprint density at radius 2 is 2.29 bits per heavy atom. The molecule has 0 aromatic heterocycles. The molecule has 2 nitrogen and oxygen atoms in total. The van der Waals surface area contributed by atoms with Crippen LogP contribution < -0.4 is 5.14 Å². The first-order valence-corrected chi connectivity index (χ1v) is 3.29. The molecule has 0 aromatic carbocycles. The van der Waals surface area contributed by atoms with Crippen LogP contribution in [-0.2, 0) is 9.71 Å². The Morgan fingerprint density at radius 1 is 1.86 bits per heavy atom. The lowest BCUT2D eigenvalue weighted by molar-refractivity contribution is 0.687. The van der Waals surface area contributed by atoms with Gasteiger partial charge in [-0.1, -0.05) is 11.6 Å². The maximum absolute atomic E-state index is 10.4. The highest BCUT2D eigenvalue weighted by molar-refractivity contribution is 8.01. The molecule has 0 saturated heterocycles. The van der Waals surface area contributed by atoms with E-state index in [1.54, 1.807) is 0 Å². The summed E-state index contributed by atoms with van der Waals surface area (Å²) in [6, 6.07) is 0. The standard InChI is InChI=1S/C4H7NOS/c1-3-7(5,6)4-2/h3H,1-2H2,(H2,5,6). The Balaban J connectivity index is 4.89. The fourth-order valence-corrected chi connectivity index (χ4v) is 0.177. The van der Waals surface area contributed by atoms with E-state index in [1.165, 1.54) is 0 Å². The van der Waals surface area contributed by atoms with Crippen molar-refractivity contribution in [3.8, 4) is 0 Å². The van der Waals surface area contributed by atoms with Crippen molar-refractivity contribution in [1.82, 2.24) is 0 Å². The summed E-state index contributed by atoms with van der Waals surface area (Å²) in [5.74, 6) is 0. The fourth-order valence-electron chi connectivity index (χ4n) is 0.0589. The summed E-state index contributed by atoms with van der Waals surface area (Å²) in [6.45, 7) is 6.31. The first-order chi connectivity index (χ1) is 3.12. The first kappa shape index (κ1) is 6.50. The molecule has 40 valence electrons. The van der Waals surface area contributed by atoms with E-state index in [0.29, 0.717) is 0 Å². The summed E-state index contributed by atoms with van der Waals surface area (Å²) >= 11 is 0. The molecule has 0 aliphatic rings. The van der Waals surface area contributed by atoms with Crippen LogP contribution in [0.15, 0.2) is 18.6 Å². The molecule has 0 aliphatic heterocycles. The predicted octanol–water partition coefficient (Wildman–Crippen LogP) is -0.125. The third-order valence-corrected chi connectivity index (χ3v) is 1.42. The number of rotatable bonds is 1. The molecule has 0 bridgehead atoms. The van der Waals surface area contributed by atoms with Gasteiger partial charge in [0, 0.05) is 5.41 Å². The van der Waals surface area contributed by atoms with Gasteiger partial charge in [-0.2, -0.15) is 0 Å². The van der Waals surface area contributed by atoms with Crippen LogP contribution in [0.4, 0.5) is 0 Å². The van der Waals surface area contributed by atoms with Gasteiger partial charge in [0.2, 0.25) is 0 Å². The van der Waals surface area contributed by atoms with Crippen molar-refractivity contribution >= 4 is 14.7 Å². The minimum Gasteiger partial charge on any atom is -0.250 e. The molecule has 1 unspecified atom stereocenters. The van der Waals surface area contributed by atoms with Crippen LogP contribution in [0.25, 0.3) is 0 Å². The Labute approximate surface area is 43.5 Å². The summed E-state index contributed by atoms with van der Waals surface area (Å²) in [5, 5.41) is 8.20. The number of hydrogen-bond donors (Lipinski definition) is 1. The fraction of sp³-hybridized carbons (Fsp3) is 0. The Hall–Kier alpha value is -0.500. The monoisotopic (exact) mass is 117 g/mol. The van der Waals surface area contributed by atoms with Crippen molar-refractivity contribution in [2.75, 3.05) is 0 Å². The van der Waals surface area contributed by atoms with Crippen molar-refractivity contribution in [1.29, 1.82) is 0 Å². The second kappa shape index (κ2) is 1.98.